The Labute approximate surface area is 375 Å². The maximum atomic E-state index is 5.64. The monoisotopic (exact) mass is 829 g/mol. The lowest BCUT2D eigenvalue weighted by molar-refractivity contribution is 1.30. The maximum absolute atomic E-state index is 5.64. The van der Waals surface area contributed by atoms with Gasteiger partial charge in [0.25, 0.3) is 0 Å². The number of rotatable bonds is 6. The van der Waals surface area contributed by atoms with Crippen molar-refractivity contribution >= 4 is 58.5 Å². The van der Waals surface area contributed by atoms with Crippen LogP contribution in [0.4, 0.5) is 0 Å². The van der Waals surface area contributed by atoms with Crippen LogP contribution >= 0.6 is 0 Å². The molecule has 8 bridgehead atoms. The lowest BCUT2D eigenvalue weighted by atomic mass is 9.97. The molecule has 2 aliphatic rings. The lowest BCUT2D eigenvalue weighted by Gasteiger charge is -2.10. The smallest absolute Gasteiger partial charge is 0.0737 e. The Kier molecular flexibility index (Phi) is 10.3. The normalized spacial score (nSPS) is 12.2. The van der Waals surface area contributed by atoms with Crippen LogP contribution in [0.3, 0.4) is 0 Å². The van der Waals surface area contributed by atoms with Gasteiger partial charge in [0.15, 0.2) is 0 Å². The predicted molar refractivity (Wildman–Crippen MR) is 272 cm³/mol. The van der Waals surface area contributed by atoms with Crippen molar-refractivity contribution in [2.75, 3.05) is 0 Å². The highest BCUT2D eigenvalue weighted by Crippen LogP contribution is 2.41. The van der Waals surface area contributed by atoms with Gasteiger partial charge in [-0.1, -0.05) is 129 Å². The fourth-order valence-electron chi connectivity index (χ4n) is 9.79. The van der Waals surface area contributed by atoms with E-state index in [0.717, 1.165) is 100 Å². The molecule has 4 aromatic heterocycles. The van der Waals surface area contributed by atoms with E-state index in [1.807, 2.05) is 24.5 Å². The van der Waals surface area contributed by atoms with Crippen LogP contribution in [0, 0.1) is 55.4 Å². The second-order valence-corrected chi connectivity index (χ2v) is 17.8. The number of hydrogen-bond acceptors (Lipinski definition) is 3. The summed E-state index contributed by atoms with van der Waals surface area (Å²) in [6.45, 7) is 17.3. The first-order valence-electron chi connectivity index (χ1n) is 22.1. The van der Waals surface area contributed by atoms with Crippen LogP contribution in [0.1, 0.15) is 78.4 Å². The SMILES string of the molecule is Cc1cc(C)cc(-c2c3nc(c(-c4cc(C)cc(C)c4)c4cc(/C=C/c5ccncc5)c([nH]4)c(-c4cc(C)cc(C)c4)c4nc(c(-c5cc(C)cc(C)c5)c5ccc2[nH]5)C=C4)C=C3)c1. The first-order valence-corrected chi connectivity index (χ1v) is 22.1. The van der Waals surface area contributed by atoms with Gasteiger partial charge in [-0.25, -0.2) is 9.97 Å². The van der Waals surface area contributed by atoms with E-state index >= 15 is 0 Å². The molecule has 0 radical (unpaired) electrons. The topological polar surface area (TPSA) is 70.2 Å². The fourth-order valence-corrected chi connectivity index (χ4v) is 9.79. The largest absolute Gasteiger partial charge is 0.354 e. The number of benzene rings is 4. The number of aryl methyl sites for hydroxylation is 8. The number of nitrogens with one attached hydrogen (secondary N) is 2. The fraction of sp³-hybridized carbons (Fsp3) is 0.136. The van der Waals surface area contributed by atoms with E-state index in [4.69, 9.17) is 9.97 Å². The van der Waals surface area contributed by atoms with Gasteiger partial charge in [0.1, 0.15) is 0 Å². The molecule has 0 spiro atoms. The summed E-state index contributed by atoms with van der Waals surface area (Å²) in [4.78, 5) is 23.5. The van der Waals surface area contributed by atoms with Gasteiger partial charge in [-0.15, -0.1) is 0 Å². The zero-order valence-electron chi connectivity index (χ0n) is 37.8. The molecular weight excluding hydrogens is 779 g/mol. The average molecular weight is 830 g/mol. The quantitative estimate of drug-likeness (QED) is 0.175. The molecule has 0 unspecified atom stereocenters. The van der Waals surface area contributed by atoms with Gasteiger partial charge in [-0.05, 0) is 138 Å². The first-order chi connectivity index (χ1) is 30.9. The van der Waals surface area contributed by atoms with Crippen molar-refractivity contribution in [3.63, 3.8) is 0 Å². The number of pyridine rings is 1. The molecule has 2 aliphatic heterocycles. The Bertz CT molecular complexity index is 3380. The number of fused-ring (bicyclic) bond motifs is 8. The molecular formula is C59H51N5. The zero-order valence-corrected chi connectivity index (χ0v) is 37.8. The van der Waals surface area contributed by atoms with Crippen LogP contribution in [-0.4, -0.2) is 24.9 Å². The highest BCUT2D eigenvalue weighted by Gasteiger charge is 2.21. The van der Waals surface area contributed by atoms with E-state index in [2.05, 4.69) is 198 Å². The van der Waals surface area contributed by atoms with Crippen LogP contribution in [0.15, 0.2) is 116 Å². The van der Waals surface area contributed by atoms with Crippen LogP contribution < -0.4 is 0 Å². The molecule has 4 aromatic carbocycles. The van der Waals surface area contributed by atoms with Crippen molar-refractivity contribution in [2.45, 2.75) is 55.4 Å². The summed E-state index contributed by atoms with van der Waals surface area (Å²) in [7, 11) is 0. The van der Waals surface area contributed by atoms with Crippen LogP contribution in [0.5, 0.6) is 0 Å². The predicted octanol–water partition coefficient (Wildman–Crippen LogP) is 15.4. The molecule has 312 valence electrons. The van der Waals surface area contributed by atoms with E-state index in [-0.39, 0.29) is 0 Å². The number of nitrogens with zero attached hydrogens (tertiary/aromatic N) is 3. The molecule has 64 heavy (non-hydrogen) atoms. The molecule has 10 rings (SSSR count). The zero-order chi connectivity index (χ0) is 44.2. The van der Waals surface area contributed by atoms with Crippen molar-refractivity contribution in [1.82, 2.24) is 24.9 Å². The third kappa shape index (κ3) is 7.86. The summed E-state index contributed by atoms with van der Waals surface area (Å²) in [5.74, 6) is 0. The van der Waals surface area contributed by atoms with E-state index < -0.39 is 0 Å². The van der Waals surface area contributed by atoms with Crippen molar-refractivity contribution < 1.29 is 0 Å². The molecule has 0 fully saturated rings. The maximum Gasteiger partial charge on any atom is 0.0737 e. The molecule has 2 N–H and O–H groups in total. The average Bonchev–Trinajstić information content (AvgIpc) is 4.07. The third-order valence-electron chi connectivity index (χ3n) is 12.1. The Morgan fingerprint density at radius 2 is 0.719 bits per heavy atom. The standard InChI is InChI=1S/C59H51N5/c1-34-21-35(2)26-44(25-34)55-48-11-12-49(61-48)56(45-27-36(3)22-37(4)28-45)51-15-16-53(63-51)58(47-31-40(7)24-41(8)32-47)59-43(10-9-42-17-19-60-20-18-42)33-54(64-59)57(52-14-13-50(55)62-52)46-29-38(5)23-39(6)30-46/h9-33,61,64H,1-8H3/b10-9+,55-48?,55-50?,56-49?,56-51?,57-52?,57-54?,58-53?,59-58?. The van der Waals surface area contributed by atoms with Crippen molar-refractivity contribution in [3.8, 4) is 44.5 Å². The Morgan fingerprint density at radius 1 is 0.359 bits per heavy atom. The van der Waals surface area contributed by atoms with Crippen molar-refractivity contribution in [3.05, 3.63) is 194 Å². The minimum Gasteiger partial charge on any atom is -0.354 e. The summed E-state index contributed by atoms with van der Waals surface area (Å²) >= 11 is 0. The van der Waals surface area contributed by atoms with Crippen LogP contribution in [0.2, 0.25) is 0 Å². The lowest BCUT2D eigenvalue weighted by Crippen LogP contribution is -1.92. The van der Waals surface area contributed by atoms with Gasteiger partial charge < -0.3 is 9.97 Å². The van der Waals surface area contributed by atoms with E-state index in [0.29, 0.717) is 0 Å². The minimum atomic E-state index is 0.886. The van der Waals surface area contributed by atoms with E-state index in [1.54, 1.807) is 0 Å². The Morgan fingerprint density at radius 3 is 1.12 bits per heavy atom. The summed E-state index contributed by atoms with van der Waals surface area (Å²) in [5, 5.41) is 0. The van der Waals surface area contributed by atoms with Gasteiger partial charge in [-0.2, -0.15) is 0 Å². The van der Waals surface area contributed by atoms with E-state index in [9.17, 15) is 0 Å². The summed E-state index contributed by atoms with van der Waals surface area (Å²) in [6, 6.07) is 37.9. The molecule has 0 aliphatic carbocycles. The molecule has 5 nitrogen and oxygen atoms in total. The first kappa shape index (κ1) is 40.4. The number of aromatic nitrogens is 5. The molecule has 5 heteroatoms. The van der Waals surface area contributed by atoms with Gasteiger partial charge in [0, 0.05) is 56.8 Å². The molecule has 0 saturated carbocycles. The summed E-state index contributed by atoms with van der Waals surface area (Å²) in [5.41, 5.74) is 27.8. The third-order valence-corrected chi connectivity index (χ3v) is 12.1. The summed E-state index contributed by atoms with van der Waals surface area (Å²) < 4.78 is 0. The highest BCUT2D eigenvalue weighted by molar-refractivity contribution is 6.02. The molecule has 8 aromatic rings. The minimum absolute atomic E-state index is 0.886. The second kappa shape index (κ2) is 16.2. The Balaban J connectivity index is 1.45. The van der Waals surface area contributed by atoms with Crippen molar-refractivity contribution in [2.24, 2.45) is 0 Å². The van der Waals surface area contributed by atoms with Gasteiger partial charge in [0.2, 0.25) is 0 Å². The van der Waals surface area contributed by atoms with Crippen LogP contribution in [0.25, 0.3) is 103 Å². The molecule has 0 amide bonds. The van der Waals surface area contributed by atoms with Gasteiger partial charge >= 0.3 is 0 Å². The molecule has 0 saturated heterocycles. The number of aromatic amines is 2. The van der Waals surface area contributed by atoms with E-state index in [1.165, 1.54) is 44.5 Å². The molecule has 0 atom stereocenters. The number of hydrogen-bond donors (Lipinski definition) is 2. The van der Waals surface area contributed by atoms with Crippen LogP contribution in [-0.2, 0) is 0 Å². The second-order valence-electron chi connectivity index (χ2n) is 17.8. The Hall–Kier alpha value is -7.63. The number of H-pyrrole nitrogens is 2. The highest BCUT2D eigenvalue weighted by atomic mass is 14.8. The van der Waals surface area contributed by atoms with Gasteiger partial charge in [-0.3, -0.25) is 4.98 Å². The summed E-state index contributed by atoms with van der Waals surface area (Å²) in [6.07, 6.45) is 16.8. The molecule has 6 heterocycles. The van der Waals surface area contributed by atoms with Gasteiger partial charge in [0.05, 0.1) is 28.3 Å². The van der Waals surface area contributed by atoms with Crippen molar-refractivity contribution in [1.29, 1.82) is 0 Å².